The van der Waals surface area contributed by atoms with Gasteiger partial charge in [-0.3, -0.25) is 0 Å². The number of nitrogens with one attached hydrogen (secondary N) is 2. The Morgan fingerprint density at radius 2 is 1.84 bits per heavy atom. The van der Waals surface area contributed by atoms with E-state index in [1.807, 2.05) is 30.3 Å². The molecule has 0 bridgehead atoms. The number of amides is 2. The van der Waals surface area contributed by atoms with E-state index in [2.05, 4.69) is 37.3 Å². The molecule has 2 aliphatic carbocycles. The Morgan fingerprint density at radius 3 is 2.60 bits per heavy atom. The molecule has 43 heavy (non-hydrogen) atoms. The summed E-state index contributed by atoms with van der Waals surface area (Å²) in [5.41, 5.74) is 4.15. The predicted octanol–water partition coefficient (Wildman–Crippen LogP) is 4.19. The molecule has 2 unspecified atom stereocenters. The van der Waals surface area contributed by atoms with Crippen molar-refractivity contribution in [3.8, 4) is 11.4 Å². The lowest BCUT2D eigenvalue weighted by atomic mass is 10.0. The SMILES string of the molecule is CC1(COC2CCCC2NC(=O)Nc2ccc(-c3nc4c(c(N5CCOCC5)n3)CCN(c3ncccn3)C4)cc2)CC1. The molecule has 226 valence electrons. The van der Waals surface area contributed by atoms with Gasteiger partial charge in [0.2, 0.25) is 5.95 Å². The summed E-state index contributed by atoms with van der Waals surface area (Å²) in [6.07, 6.45) is 9.95. The molecule has 3 fully saturated rings. The van der Waals surface area contributed by atoms with Crippen molar-refractivity contribution in [2.24, 2.45) is 5.41 Å². The van der Waals surface area contributed by atoms with E-state index in [9.17, 15) is 4.79 Å². The van der Waals surface area contributed by atoms with Gasteiger partial charge in [-0.1, -0.05) is 6.92 Å². The third-order valence-corrected chi connectivity index (χ3v) is 9.11. The van der Waals surface area contributed by atoms with Crippen LogP contribution in [0.2, 0.25) is 0 Å². The number of rotatable bonds is 8. The Balaban J connectivity index is 1.06. The molecule has 0 radical (unpaired) electrons. The van der Waals surface area contributed by atoms with Crippen LogP contribution in [0.4, 0.5) is 22.2 Å². The number of ether oxygens (including phenoxy) is 2. The number of hydrogen-bond acceptors (Lipinski definition) is 9. The lowest BCUT2D eigenvalue weighted by molar-refractivity contribution is 0.0176. The van der Waals surface area contributed by atoms with E-state index in [1.165, 1.54) is 18.4 Å². The number of hydrogen-bond donors (Lipinski definition) is 2. The molecule has 7 rings (SSSR count). The van der Waals surface area contributed by atoms with Crippen LogP contribution in [-0.2, 0) is 22.4 Å². The van der Waals surface area contributed by atoms with Crippen molar-refractivity contribution in [3.63, 3.8) is 0 Å². The molecule has 1 saturated heterocycles. The fourth-order valence-electron chi connectivity index (χ4n) is 6.20. The van der Waals surface area contributed by atoms with Gasteiger partial charge in [-0.2, -0.15) is 0 Å². The topological polar surface area (TPSA) is 118 Å². The van der Waals surface area contributed by atoms with E-state index in [0.29, 0.717) is 36.9 Å². The number of carbonyl (C=O) groups is 1. The highest BCUT2D eigenvalue weighted by atomic mass is 16.5. The van der Waals surface area contributed by atoms with E-state index in [4.69, 9.17) is 19.4 Å². The minimum atomic E-state index is -0.200. The molecule has 11 heteroatoms. The molecule has 4 heterocycles. The summed E-state index contributed by atoms with van der Waals surface area (Å²) in [5, 5.41) is 6.15. The molecule has 2 N–H and O–H groups in total. The molecular formula is C32H40N8O3. The normalized spacial score (nSPS) is 22.6. The highest BCUT2D eigenvalue weighted by molar-refractivity contribution is 5.89. The van der Waals surface area contributed by atoms with E-state index in [1.54, 1.807) is 12.4 Å². The monoisotopic (exact) mass is 584 g/mol. The lowest BCUT2D eigenvalue weighted by Gasteiger charge is -2.34. The molecule has 2 aromatic heterocycles. The molecular weight excluding hydrogens is 544 g/mol. The zero-order valence-electron chi connectivity index (χ0n) is 24.8. The van der Waals surface area contributed by atoms with Crippen molar-refractivity contribution >= 4 is 23.5 Å². The summed E-state index contributed by atoms with van der Waals surface area (Å²) >= 11 is 0. The van der Waals surface area contributed by atoms with E-state index >= 15 is 0 Å². The first-order valence-electron chi connectivity index (χ1n) is 15.6. The van der Waals surface area contributed by atoms with Crippen molar-refractivity contribution in [3.05, 3.63) is 54.0 Å². The molecule has 11 nitrogen and oxygen atoms in total. The third-order valence-electron chi connectivity index (χ3n) is 9.11. The summed E-state index contributed by atoms with van der Waals surface area (Å²) in [6, 6.07) is 9.44. The number of carbonyl (C=O) groups excluding carboxylic acids is 1. The molecule has 4 aliphatic rings. The number of benzene rings is 1. The maximum atomic E-state index is 12.9. The second kappa shape index (κ2) is 12.0. The van der Waals surface area contributed by atoms with Crippen LogP contribution in [0.25, 0.3) is 11.4 Å². The predicted molar refractivity (Wildman–Crippen MR) is 164 cm³/mol. The Morgan fingerprint density at radius 1 is 1.05 bits per heavy atom. The van der Waals surface area contributed by atoms with Crippen molar-refractivity contribution in [1.29, 1.82) is 0 Å². The Kier molecular flexibility index (Phi) is 7.83. The fourth-order valence-corrected chi connectivity index (χ4v) is 6.20. The second-order valence-corrected chi connectivity index (χ2v) is 12.5. The zero-order chi connectivity index (χ0) is 29.2. The number of urea groups is 1. The largest absolute Gasteiger partial charge is 0.378 e. The smallest absolute Gasteiger partial charge is 0.319 e. The van der Waals surface area contributed by atoms with Gasteiger partial charge in [0.1, 0.15) is 5.82 Å². The summed E-state index contributed by atoms with van der Waals surface area (Å²) in [4.78, 5) is 36.4. The number of fused-ring (bicyclic) bond motifs is 1. The average molecular weight is 585 g/mol. The van der Waals surface area contributed by atoms with Gasteiger partial charge in [0.15, 0.2) is 5.82 Å². The van der Waals surface area contributed by atoms with Crippen LogP contribution in [0, 0.1) is 5.41 Å². The molecule has 2 saturated carbocycles. The lowest BCUT2D eigenvalue weighted by Crippen LogP contribution is -2.43. The van der Waals surface area contributed by atoms with Crippen molar-refractivity contribution in [2.75, 3.05) is 54.6 Å². The van der Waals surface area contributed by atoms with Crippen LogP contribution < -0.4 is 20.4 Å². The maximum absolute atomic E-state index is 12.9. The van der Waals surface area contributed by atoms with Crippen LogP contribution in [0.5, 0.6) is 0 Å². The Bertz CT molecular complexity index is 1430. The molecule has 2 amide bonds. The first-order valence-corrected chi connectivity index (χ1v) is 15.6. The summed E-state index contributed by atoms with van der Waals surface area (Å²) in [7, 11) is 0. The maximum Gasteiger partial charge on any atom is 0.319 e. The minimum absolute atomic E-state index is 0.0463. The second-order valence-electron chi connectivity index (χ2n) is 12.5. The molecule has 3 aromatic rings. The van der Waals surface area contributed by atoms with E-state index < -0.39 is 0 Å². The summed E-state index contributed by atoms with van der Waals surface area (Å²) < 4.78 is 11.8. The first-order chi connectivity index (χ1) is 21.0. The third kappa shape index (κ3) is 6.42. The van der Waals surface area contributed by atoms with Gasteiger partial charge >= 0.3 is 6.03 Å². The van der Waals surface area contributed by atoms with Crippen molar-refractivity contribution in [2.45, 2.75) is 64.1 Å². The number of anilines is 3. The number of nitrogens with zero attached hydrogens (tertiary/aromatic N) is 6. The van der Waals surface area contributed by atoms with Crippen LogP contribution >= 0.6 is 0 Å². The number of morpholine rings is 1. The fraction of sp³-hybridized carbons (Fsp3) is 0.531. The quantitative estimate of drug-likeness (QED) is 0.402. The summed E-state index contributed by atoms with van der Waals surface area (Å²) in [6.45, 7) is 7.48. The van der Waals surface area contributed by atoms with Crippen LogP contribution in [0.1, 0.15) is 50.3 Å². The Hall–Kier alpha value is -3.83. The van der Waals surface area contributed by atoms with Gasteiger partial charge in [-0.05, 0) is 74.3 Å². The van der Waals surface area contributed by atoms with Crippen LogP contribution in [-0.4, -0.2) is 77.6 Å². The van der Waals surface area contributed by atoms with Gasteiger partial charge in [-0.25, -0.2) is 24.7 Å². The first kappa shape index (κ1) is 28.0. The molecule has 2 aliphatic heterocycles. The van der Waals surface area contributed by atoms with E-state index in [-0.39, 0.29) is 18.2 Å². The molecule has 1 aromatic carbocycles. The molecule has 0 spiro atoms. The van der Waals surface area contributed by atoms with Crippen molar-refractivity contribution in [1.82, 2.24) is 25.3 Å². The highest BCUT2D eigenvalue weighted by Crippen LogP contribution is 2.45. The number of aromatic nitrogens is 4. The summed E-state index contributed by atoms with van der Waals surface area (Å²) in [5.74, 6) is 2.37. The standard InChI is InChI=1S/C32H40N8O3/c1-32(11-12-32)21-43-27-5-2-4-25(27)37-31(41)35-23-8-6-22(7-9-23)28-36-26-20-40(30-33-13-3-14-34-30)15-10-24(26)29(38-28)39-16-18-42-19-17-39/h3,6-9,13-14,25,27H,2,4-5,10-12,15-21H2,1H3,(H2,35,37,41). The average Bonchev–Trinajstić information content (AvgIpc) is 3.63. The van der Waals surface area contributed by atoms with Crippen LogP contribution in [0.3, 0.4) is 0 Å². The van der Waals surface area contributed by atoms with Gasteiger partial charge in [0.25, 0.3) is 0 Å². The van der Waals surface area contributed by atoms with Gasteiger partial charge < -0.3 is 29.9 Å². The molecule has 2 atom stereocenters. The van der Waals surface area contributed by atoms with Gasteiger partial charge in [-0.15, -0.1) is 0 Å². The van der Waals surface area contributed by atoms with Crippen molar-refractivity contribution < 1.29 is 14.3 Å². The minimum Gasteiger partial charge on any atom is -0.378 e. The Labute approximate surface area is 252 Å². The zero-order valence-corrected chi connectivity index (χ0v) is 24.8. The van der Waals surface area contributed by atoms with Crippen LogP contribution in [0.15, 0.2) is 42.7 Å². The van der Waals surface area contributed by atoms with Gasteiger partial charge in [0, 0.05) is 48.8 Å². The highest BCUT2D eigenvalue weighted by Gasteiger charge is 2.40. The van der Waals surface area contributed by atoms with Gasteiger partial charge in [0.05, 0.1) is 44.2 Å². The van der Waals surface area contributed by atoms with E-state index in [0.717, 1.165) is 74.7 Å².